The molecule has 1 aromatic rings. The van der Waals surface area contributed by atoms with Crippen LogP contribution in [0.3, 0.4) is 0 Å². The molecule has 0 bridgehead atoms. The summed E-state index contributed by atoms with van der Waals surface area (Å²) in [7, 11) is -3.56. The van der Waals surface area contributed by atoms with Crippen LogP contribution in [-0.2, 0) is 16.6 Å². The van der Waals surface area contributed by atoms with Crippen molar-refractivity contribution in [3.05, 3.63) is 40.9 Å². The van der Waals surface area contributed by atoms with Crippen molar-refractivity contribution in [3.8, 4) is 0 Å². The molecule has 0 amide bonds. The molecular weight excluding hydrogens is 330 g/mol. The SMILES string of the molecule is C=CCN(C1CC1)S(=O)(=O)c1cc(CO)ccc1Br. The van der Waals surface area contributed by atoms with Crippen molar-refractivity contribution in [3.63, 3.8) is 0 Å². The van der Waals surface area contributed by atoms with Crippen molar-refractivity contribution >= 4 is 26.0 Å². The van der Waals surface area contributed by atoms with Gasteiger partial charge in [0.25, 0.3) is 0 Å². The molecular formula is C13H16BrNO3S. The summed E-state index contributed by atoms with van der Waals surface area (Å²) in [6.07, 6.45) is 3.38. The second kappa shape index (κ2) is 5.75. The van der Waals surface area contributed by atoms with Crippen LogP contribution < -0.4 is 0 Å². The second-order valence-electron chi connectivity index (χ2n) is 4.52. The molecule has 1 N–H and O–H groups in total. The minimum Gasteiger partial charge on any atom is -0.392 e. The number of hydrogen-bond acceptors (Lipinski definition) is 3. The number of halogens is 1. The predicted molar refractivity (Wildman–Crippen MR) is 77.2 cm³/mol. The van der Waals surface area contributed by atoms with E-state index in [1.54, 1.807) is 18.2 Å². The molecule has 1 saturated carbocycles. The standard InChI is InChI=1S/C13H16BrNO3S/c1-2-7-15(11-4-5-11)19(17,18)13-8-10(9-16)3-6-12(13)14/h2-3,6,8,11,16H,1,4-5,7,9H2. The minimum absolute atomic E-state index is 0.0766. The van der Waals surface area contributed by atoms with Crippen molar-refractivity contribution in [2.75, 3.05) is 6.54 Å². The minimum atomic E-state index is -3.56. The number of sulfonamides is 1. The van der Waals surface area contributed by atoms with Crippen LogP contribution in [0.5, 0.6) is 0 Å². The lowest BCUT2D eigenvalue weighted by atomic mass is 10.2. The van der Waals surface area contributed by atoms with Crippen LogP contribution in [0.1, 0.15) is 18.4 Å². The van der Waals surface area contributed by atoms with Crippen molar-refractivity contribution in [1.82, 2.24) is 4.31 Å². The maximum atomic E-state index is 12.7. The summed E-state index contributed by atoms with van der Waals surface area (Å²) in [5.41, 5.74) is 0.580. The number of aliphatic hydroxyl groups excluding tert-OH is 1. The van der Waals surface area contributed by atoms with Crippen LogP contribution >= 0.6 is 15.9 Å². The summed E-state index contributed by atoms with van der Waals surface area (Å²) in [4.78, 5) is 0.202. The van der Waals surface area contributed by atoms with E-state index in [1.807, 2.05) is 0 Å². The van der Waals surface area contributed by atoms with Gasteiger partial charge in [-0.2, -0.15) is 4.31 Å². The van der Waals surface area contributed by atoms with Crippen molar-refractivity contribution in [2.45, 2.75) is 30.4 Å². The molecule has 0 heterocycles. The highest BCUT2D eigenvalue weighted by Crippen LogP contribution is 2.34. The Morgan fingerprint density at radius 3 is 2.68 bits per heavy atom. The molecule has 0 saturated heterocycles. The van der Waals surface area contributed by atoms with Gasteiger partial charge in [-0.15, -0.1) is 6.58 Å². The maximum Gasteiger partial charge on any atom is 0.244 e. The molecule has 0 radical (unpaired) electrons. The second-order valence-corrected chi connectivity index (χ2v) is 7.23. The Kier molecular flexibility index (Phi) is 4.45. The fraction of sp³-hybridized carbons (Fsp3) is 0.385. The van der Waals surface area contributed by atoms with Gasteiger partial charge in [-0.1, -0.05) is 12.1 Å². The number of rotatable bonds is 6. The zero-order valence-corrected chi connectivity index (χ0v) is 12.8. The molecule has 1 aliphatic carbocycles. The highest BCUT2D eigenvalue weighted by Gasteiger charge is 2.38. The smallest absolute Gasteiger partial charge is 0.244 e. The molecule has 2 rings (SSSR count). The third kappa shape index (κ3) is 3.08. The van der Waals surface area contributed by atoms with Gasteiger partial charge in [0.1, 0.15) is 0 Å². The first-order valence-corrected chi connectivity index (χ1v) is 8.26. The quantitative estimate of drug-likeness (QED) is 0.804. The van der Waals surface area contributed by atoms with Crippen LogP contribution in [0.4, 0.5) is 0 Å². The molecule has 0 aromatic heterocycles. The lowest BCUT2D eigenvalue weighted by Gasteiger charge is -2.21. The Morgan fingerprint density at radius 2 is 2.16 bits per heavy atom. The highest BCUT2D eigenvalue weighted by atomic mass is 79.9. The Hall–Kier alpha value is -0.690. The summed E-state index contributed by atoms with van der Waals surface area (Å²) in [5.74, 6) is 0. The number of benzene rings is 1. The summed E-state index contributed by atoms with van der Waals surface area (Å²) in [6, 6.07) is 4.93. The first-order chi connectivity index (χ1) is 9.00. The Labute approximate surface area is 121 Å². The Morgan fingerprint density at radius 1 is 1.47 bits per heavy atom. The van der Waals surface area contributed by atoms with Crippen LogP contribution in [0, 0.1) is 0 Å². The third-order valence-electron chi connectivity index (χ3n) is 3.03. The van der Waals surface area contributed by atoms with Gasteiger partial charge in [0.05, 0.1) is 11.5 Å². The van der Waals surface area contributed by atoms with Gasteiger partial charge in [-0.3, -0.25) is 0 Å². The Bertz CT molecular complexity index is 582. The van der Waals surface area contributed by atoms with E-state index >= 15 is 0 Å². The van der Waals surface area contributed by atoms with E-state index in [2.05, 4.69) is 22.5 Å². The van der Waals surface area contributed by atoms with Crippen molar-refractivity contribution < 1.29 is 13.5 Å². The number of aliphatic hydroxyl groups is 1. The van der Waals surface area contributed by atoms with Gasteiger partial charge in [0.15, 0.2) is 0 Å². The van der Waals surface area contributed by atoms with E-state index in [1.165, 1.54) is 10.4 Å². The van der Waals surface area contributed by atoms with E-state index in [9.17, 15) is 8.42 Å². The molecule has 0 spiro atoms. The first kappa shape index (κ1) is 14.7. The molecule has 104 valence electrons. The molecule has 1 fully saturated rings. The summed E-state index contributed by atoms with van der Waals surface area (Å²) < 4.78 is 27.3. The highest BCUT2D eigenvalue weighted by molar-refractivity contribution is 9.10. The van der Waals surface area contributed by atoms with Gasteiger partial charge < -0.3 is 5.11 Å². The first-order valence-electron chi connectivity index (χ1n) is 6.02. The van der Waals surface area contributed by atoms with E-state index in [0.29, 0.717) is 16.6 Å². The molecule has 19 heavy (non-hydrogen) atoms. The fourth-order valence-electron chi connectivity index (χ4n) is 1.90. The van der Waals surface area contributed by atoms with E-state index in [0.717, 1.165) is 12.8 Å². The average molecular weight is 346 g/mol. The lowest BCUT2D eigenvalue weighted by Crippen LogP contribution is -2.33. The molecule has 6 heteroatoms. The predicted octanol–water partition coefficient (Wildman–Crippen LogP) is 2.28. The average Bonchev–Trinajstić information content (AvgIpc) is 3.20. The van der Waals surface area contributed by atoms with E-state index in [-0.39, 0.29) is 17.5 Å². The molecule has 1 aliphatic rings. The third-order valence-corrected chi connectivity index (χ3v) is 5.94. The largest absolute Gasteiger partial charge is 0.392 e. The van der Waals surface area contributed by atoms with Crippen molar-refractivity contribution in [2.24, 2.45) is 0 Å². The zero-order valence-electron chi connectivity index (χ0n) is 10.4. The molecule has 1 aromatic carbocycles. The normalized spacial score (nSPS) is 15.7. The van der Waals surface area contributed by atoms with E-state index in [4.69, 9.17) is 5.11 Å². The van der Waals surface area contributed by atoms with Gasteiger partial charge in [-0.05, 0) is 46.5 Å². The lowest BCUT2D eigenvalue weighted by molar-refractivity contribution is 0.281. The molecule has 4 nitrogen and oxygen atoms in total. The monoisotopic (exact) mass is 345 g/mol. The van der Waals surface area contributed by atoms with Gasteiger partial charge in [-0.25, -0.2) is 8.42 Å². The van der Waals surface area contributed by atoms with Gasteiger partial charge in [0.2, 0.25) is 10.0 Å². The zero-order chi connectivity index (χ0) is 14.0. The van der Waals surface area contributed by atoms with E-state index < -0.39 is 10.0 Å². The van der Waals surface area contributed by atoms with Gasteiger partial charge >= 0.3 is 0 Å². The van der Waals surface area contributed by atoms with Crippen LogP contribution in [-0.4, -0.2) is 30.4 Å². The maximum absolute atomic E-state index is 12.7. The fourth-order valence-corrected chi connectivity index (χ4v) is 4.54. The number of hydrogen-bond donors (Lipinski definition) is 1. The summed E-state index contributed by atoms with van der Waals surface area (Å²) in [5, 5.41) is 9.14. The van der Waals surface area contributed by atoms with Crippen LogP contribution in [0.25, 0.3) is 0 Å². The molecule has 0 atom stereocenters. The van der Waals surface area contributed by atoms with Crippen molar-refractivity contribution in [1.29, 1.82) is 0 Å². The topological polar surface area (TPSA) is 57.6 Å². The number of nitrogens with zero attached hydrogens (tertiary/aromatic N) is 1. The molecule has 0 unspecified atom stereocenters. The summed E-state index contributed by atoms with van der Waals surface area (Å²) >= 11 is 3.27. The van der Waals surface area contributed by atoms with Crippen LogP contribution in [0.15, 0.2) is 40.2 Å². The molecule has 0 aliphatic heterocycles. The Balaban J connectivity index is 2.45. The van der Waals surface area contributed by atoms with Crippen LogP contribution in [0.2, 0.25) is 0 Å². The van der Waals surface area contributed by atoms with Gasteiger partial charge in [0, 0.05) is 17.1 Å². The summed E-state index contributed by atoms with van der Waals surface area (Å²) in [6.45, 7) is 3.74.